The predicted octanol–water partition coefficient (Wildman–Crippen LogP) is 6.47. The van der Waals surface area contributed by atoms with Crippen LogP contribution in [0.15, 0.2) is 93.9 Å². The van der Waals surface area contributed by atoms with E-state index in [1.807, 2.05) is 48.2 Å². The molecule has 44 heavy (non-hydrogen) atoms. The number of amides is 2. The van der Waals surface area contributed by atoms with Crippen LogP contribution < -0.4 is 9.80 Å². The Morgan fingerprint density at radius 3 is 1.43 bits per heavy atom. The molecule has 8 heteroatoms. The van der Waals surface area contributed by atoms with E-state index >= 15 is 9.59 Å². The van der Waals surface area contributed by atoms with Crippen molar-refractivity contribution < 1.29 is 9.59 Å². The summed E-state index contributed by atoms with van der Waals surface area (Å²) < 4.78 is 1.80. The summed E-state index contributed by atoms with van der Waals surface area (Å²) in [5.74, 6) is 0.109. The van der Waals surface area contributed by atoms with E-state index in [0.717, 1.165) is 55.4 Å². The van der Waals surface area contributed by atoms with Gasteiger partial charge in [0, 0.05) is 47.3 Å². The maximum absolute atomic E-state index is 15.3. The van der Waals surface area contributed by atoms with E-state index in [1.54, 1.807) is 0 Å². The van der Waals surface area contributed by atoms with Crippen LogP contribution in [-0.4, -0.2) is 48.8 Å². The lowest BCUT2D eigenvalue weighted by molar-refractivity contribution is -0.192. The van der Waals surface area contributed by atoms with Gasteiger partial charge in [0.1, 0.15) is 11.1 Å². The highest BCUT2D eigenvalue weighted by Crippen LogP contribution is 2.69. The van der Waals surface area contributed by atoms with Crippen LogP contribution in [0.1, 0.15) is 45.5 Å². The van der Waals surface area contributed by atoms with Gasteiger partial charge in [-0.1, -0.05) is 72.8 Å². The third kappa shape index (κ3) is 2.94. The van der Waals surface area contributed by atoms with E-state index < -0.39 is 11.1 Å². The summed E-state index contributed by atoms with van der Waals surface area (Å²) in [5.41, 5.74) is 6.48. The topological polar surface area (TPSA) is 47.1 Å². The summed E-state index contributed by atoms with van der Waals surface area (Å²) in [5, 5.41) is 0. The van der Waals surface area contributed by atoms with Gasteiger partial charge in [0.25, 0.3) is 11.8 Å². The van der Waals surface area contributed by atoms with Crippen LogP contribution in [0.5, 0.6) is 0 Å². The zero-order chi connectivity index (χ0) is 30.1. The van der Waals surface area contributed by atoms with Crippen LogP contribution in [0.25, 0.3) is 0 Å². The fourth-order valence-electron chi connectivity index (χ4n) is 9.46. The van der Waals surface area contributed by atoms with Crippen LogP contribution in [0.2, 0.25) is 0 Å². The second kappa shape index (κ2) is 9.13. The number of hydrogen-bond acceptors (Lipinski definition) is 4. The van der Waals surface area contributed by atoms with E-state index in [1.165, 1.54) is 11.1 Å². The molecule has 1 saturated heterocycles. The van der Waals surface area contributed by atoms with Crippen molar-refractivity contribution in [1.29, 1.82) is 0 Å². The molecule has 0 N–H and O–H groups in total. The van der Waals surface area contributed by atoms with Gasteiger partial charge in [0.2, 0.25) is 0 Å². The van der Waals surface area contributed by atoms with E-state index in [0.29, 0.717) is 13.1 Å². The number of fused-ring (bicyclic) bond motifs is 14. The number of rotatable bonds is 0. The highest BCUT2D eigenvalue weighted by Gasteiger charge is 2.75. The Morgan fingerprint density at radius 2 is 1.00 bits per heavy atom. The molecule has 4 aromatic carbocycles. The molecule has 0 unspecified atom stereocenters. The molecule has 4 atom stereocenters. The number of nitrogens with zero attached hydrogens (tertiary/aromatic N) is 4. The second-order valence-corrected chi connectivity index (χ2v) is 14.3. The average molecular weight is 710 g/mol. The molecule has 0 saturated carbocycles. The number of hydrogen-bond donors (Lipinski definition) is 0. The Bertz CT molecular complexity index is 1810. The Morgan fingerprint density at radius 1 is 0.591 bits per heavy atom. The molecule has 6 nitrogen and oxygen atoms in total. The number of likely N-dealkylation sites (N-methyl/N-ethyl adjacent to an activating group) is 2. The molecule has 0 aromatic heterocycles. The maximum Gasteiger partial charge on any atom is 0.254 e. The standard InChI is InChI=1S/C36H30Br2N4O2/c1-39-29-25(13-7-15-27(29)37)35(33(39)43)31-23-11-5-3-9-21(23)18-20-42(31)36(26-14-8-16-28(38)30(26)40(2)34(36)44)32-24-12-6-4-10-22(24)17-19-41(32)35/h3-16,31-32H,17-20H2,1-2H3/t31-,32-,35+,36+/m1/s1. The lowest BCUT2D eigenvalue weighted by Crippen LogP contribution is -2.76. The van der Waals surface area contributed by atoms with Crippen LogP contribution in [0, 0.1) is 0 Å². The molecule has 5 aliphatic heterocycles. The number of piperazine rings is 1. The largest absolute Gasteiger partial charge is 0.312 e. The second-order valence-electron chi connectivity index (χ2n) is 12.6. The lowest BCUT2D eigenvalue weighted by Gasteiger charge is -2.66. The van der Waals surface area contributed by atoms with E-state index in [9.17, 15) is 0 Å². The SMILES string of the molecule is CN1C(=O)[C@]2(c3cccc(Br)c31)[C@H]1c3ccccc3CCN1[C@]1(C(=O)N(C)c3c(Br)cccc31)[C@H]1c3ccccc3CCN12. The monoisotopic (exact) mass is 708 g/mol. The summed E-state index contributed by atoms with van der Waals surface area (Å²) >= 11 is 7.63. The number of benzene rings is 4. The van der Waals surface area contributed by atoms with Gasteiger partial charge in [-0.2, -0.15) is 0 Å². The summed E-state index contributed by atoms with van der Waals surface area (Å²) in [7, 11) is 3.80. The van der Waals surface area contributed by atoms with Crippen LogP contribution >= 0.6 is 31.9 Å². The smallest absolute Gasteiger partial charge is 0.254 e. The van der Waals surface area contributed by atoms with Crippen molar-refractivity contribution in [1.82, 2.24) is 9.80 Å². The molecule has 9 rings (SSSR count). The van der Waals surface area contributed by atoms with Crippen molar-refractivity contribution in [2.75, 3.05) is 37.0 Å². The molecular weight excluding hydrogens is 680 g/mol. The van der Waals surface area contributed by atoms with Gasteiger partial charge in [0.05, 0.1) is 23.5 Å². The average Bonchev–Trinajstić information content (AvgIpc) is 3.41. The van der Waals surface area contributed by atoms with Crippen LogP contribution in [-0.2, 0) is 33.5 Å². The normalized spacial score (nSPS) is 28.5. The molecular formula is C36H30Br2N4O2. The Balaban J connectivity index is 1.47. The Labute approximate surface area is 273 Å². The molecule has 4 aromatic rings. The number of anilines is 2. The molecule has 0 radical (unpaired) electrons. The predicted molar refractivity (Wildman–Crippen MR) is 178 cm³/mol. The van der Waals surface area contributed by atoms with Crippen molar-refractivity contribution in [3.8, 4) is 0 Å². The van der Waals surface area contributed by atoms with Crippen molar-refractivity contribution in [2.24, 2.45) is 0 Å². The van der Waals surface area contributed by atoms with Crippen LogP contribution in [0.3, 0.4) is 0 Å². The molecule has 220 valence electrons. The van der Waals surface area contributed by atoms with Crippen molar-refractivity contribution >= 4 is 55.0 Å². The van der Waals surface area contributed by atoms with E-state index in [-0.39, 0.29) is 23.9 Å². The van der Waals surface area contributed by atoms with Gasteiger partial charge in [-0.15, -0.1) is 0 Å². The van der Waals surface area contributed by atoms with E-state index in [4.69, 9.17) is 0 Å². The molecule has 0 bridgehead atoms. The minimum atomic E-state index is -1.04. The quantitative estimate of drug-likeness (QED) is 0.210. The Hall–Kier alpha value is -3.30. The molecule has 5 heterocycles. The first-order valence-electron chi connectivity index (χ1n) is 15.2. The zero-order valence-electron chi connectivity index (χ0n) is 24.4. The van der Waals surface area contributed by atoms with Crippen molar-refractivity contribution in [2.45, 2.75) is 36.0 Å². The lowest BCUT2D eigenvalue weighted by atomic mass is 9.62. The molecule has 5 aliphatic rings. The highest BCUT2D eigenvalue weighted by molar-refractivity contribution is 9.11. The first kappa shape index (κ1) is 27.0. The molecule has 2 spiro atoms. The first-order chi connectivity index (χ1) is 21.3. The fraction of sp³-hybridized carbons (Fsp3) is 0.278. The van der Waals surface area contributed by atoms with Crippen LogP contribution in [0.4, 0.5) is 11.4 Å². The summed E-state index contributed by atoms with van der Waals surface area (Å²) in [6.07, 6.45) is 1.60. The summed E-state index contributed by atoms with van der Waals surface area (Å²) in [6, 6.07) is 28.8. The number of para-hydroxylation sites is 2. The molecule has 1 fully saturated rings. The van der Waals surface area contributed by atoms with Gasteiger partial charge in [0.15, 0.2) is 0 Å². The minimum absolute atomic E-state index is 0.0543. The van der Waals surface area contributed by atoms with E-state index in [2.05, 4.69) is 102 Å². The van der Waals surface area contributed by atoms with Gasteiger partial charge in [-0.05, 0) is 79.1 Å². The van der Waals surface area contributed by atoms with Gasteiger partial charge in [-0.25, -0.2) is 0 Å². The number of halogens is 2. The first-order valence-corrected chi connectivity index (χ1v) is 16.8. The maximum atomic E-state index is 15.3. The number of carbonyl (C=O) groups excluding carboxylic acids is 2. The van der Waals surface area contributed by atoms with Gasteiger partial charge < -0.3 is 9.80 Å². The Kier molecular flexibility index (Phi) is 5.61. The minimum Gasteiger partial charge on any atom is -0.312 e. The van der Waals surface area contributed by atoms with Crippen molar-refractivity contribution in [3.63, 3.8) is 0 Å². The third-order valence-electron chi connectivity index (χ3n) is 11.0. The number of carbonyl (C=O) groups is 2. The van der Waals surface area contributed by atoms with Gasteiger partial charge in [-0.3, -0.25) is 19.4 Å². The third-order valence-corrected chi connectivity index (χ3v) is 12.3. The highest BCUT2D eigenvalue weighted by atomic mass is 79.9. The molecule has 0 aliphatic carbocycles. The van der Waals surface area contributed by atoms with Gasteiger partial charge >= 0.3 is 0 Å². The molecule has 2 amide bonds. The fourth-order valence-corrected chi connectivity index (χ4v) is 10.7. The summed E-state index contributed by atoms with van der Waals surface area (Å²) in [6.45, 7) is 1.31. The van der Waals surface area contributed by atoms with Crippen molar-refractivity contribution in [3.05, 3.63) is 127 Å². The summed E-state index contributed by atoms with van der Waals surface area (Å²) in [4.78, 5) is 39.2. The zero-order valence-corrected chi connectivity index (χ0v) is 27.6.